The number of carbonyl (C=O) groups excluding carboxylic acids is 1. The van der Waals surface area contributed by atoms with E-state index < -0.39 is 12.6 Å². The van der Waals surface area contributed by atoms with Crippen molar-refractivity contribution in [3.05, 3.63) is 28.2 Å². The molecular formula is C21H30Cl2N2O4. The SMILES string of the molecule is CNC.NC(=O)C12CC3CC(CC(C3)C1)C2.O=C(O)COc1ccc(Cl)cc1Cl. The van der Waals surface area contributed by atoms with Gasteiger partial charge in [0.15, 0.2) is 6.61 Å². The number of primary amides is 1. The highest BCUT2D eigenvalue weighted by atomic mass is 35.5. The predicted molar refractivity (Wildman–Crippen MR) is 114 cm³/mol. The molecule has 0 unspecified atom stereocenters. The fourth-order valence-corrected chi connectivity index (χ4v) is 5.61. The summed E-state index contributed by atoms with van der Waals surface area (Å²) < 4.78 is 4.86. The van der Waals surface area contributed by atoms with E-state index in [-0.39, 0.29) is 11.3 Å². The number of hydrogen-bond acceptors (Lipinski definition) is 4. The van der Waals surface area contributed by atoms with Gasteiger partial charge in [-0.3, -0.25) is 4.79 Å². The normalized spacial score (nSPS) is 28.5. The summed E-state index contributed by atoms with van der Waals surface area (Å²) in [5.74, 6) is 1.75. The van der Waals surface area contributed by atoms with Gasteiger partial charge in [-0.1, -0.05) is 23.2 Å². The first-order chi connectivity index (χ1) is 13.7. The number of nitrogens with two attached hydrogens (primary N) is 1. The maximum Gasteiger partial charge on any atom is 0.341 e. The Bertz CT molecular complexity index is 691. The monoisotopic (exact) mass is 444 g/mol. The molecular weight excluding hydrogens is 415 g/mol. The number of aliphatic carboxylic acids is 1. The molecule has 162 valence electrons. The first-order valence-corrected chi connectivity index (χ1v) is 10.6. The summed E-state index contributed by atoms with van der Waals surface area (Å²) >= 11 is 11.3. The number of ether oxygens (including phenoxy) is 1. The van der Waals surface area contributed by atoms with E-state index in [4.69, 9.17) is 38.8 Å². The molecule has 0 aliphatic heterocycles. The van der Waals surface area contributed by atoms with Crippen LogP contribution in [0.2, 0.25) is 10.0 Å². The summed E-state index contributed by atoms with van der Waals surface area (Å²) in [4.78, 5) is 21.6. The van der Waals surface area contributed by atoms with Crippen LogP contribution >= 0.6 is 23.2 Å². The zero-order chi connectivity index (χ0) is 21.6. The summed E-state index contributed by atoms with van der Waals surface area (Å²) in [6, 6.07) is 4.58. The van der Waals surface area contributed by atoms with E-state index in [1.807, 2.05) is 14.1 Å². The van der Waals surface area contributed by atoms with Crippen molar-refractivity contribution in [2.45, 2.75) is 38.5 Å². The summed E-state index contributed by atoms with van der Waals surface area (Å²) in [6.45, 7) is -0.415. The molecule has 0 heterocycles. The second-order valence-electron chi connectivity index (χ2n) is 8.32. The first-order valence-electron chi connectivity index (χ1n) is 9.87. The maximum absolute atomic E-state index is 11.5. The number of carbonyl (C=O) groups is 2. The standard InChI is InChI=1S/C11H17NO.C8H6Cl2O3.C2H7N/c12-10(13)11-4-7-1-8(5-11)3-9(2-7)6-11;9-5-1-2-7(6(10)3-5)13-4-8(11)12;1-3-2/h7-9H,1-6H2,(H2,12,13);1-3H,4H2,(H,11,12);3H,1-2H3. The van der Waals surface area contributed by atoms with Gasteiger partial charge in [-0.15, -0.1) is 0 Å². The van der Waals surface area contributed by atoms with Crippen LogP contribution in [0.1, 0.15) is 38.5 Å². The van der Waals surface area contributed by atoms with E-state index in [2.05, 4.69) is 5.32 Å². The quantitative estimate of drug-likeness (QED) is 0.651. The van der Waals surface area contributed by atoms with Crippen LogP contribution in [-0.2, 0) is 9.59 Å². The average Bonchev–Trinajstić information content (AvgIpc) is 2.61. The molecule has 0 aromatic heterocycles. The van der Waals surface area contributed by atoms with Crippen LogP contribution < -0.4 is 15.8 Å². The van der Waals surface area contributed by atoms with Crippen LogP contribution in [0.15, 0.2) is 18.2 Å². The van der Waals surface area contributed by atoms with Crippen molar-refractivity contribution < 1.29 is 19.4 Å². The zero-order valence-electron chi connectivity index (χ0n) is 16.9. The Balaban J connectivity index is 0.000000183. The molecule has 4 bridgehead atoms. The molecule has 4 fully saturated rings. The molecule has 8 heteroatoms. The van der Waals surface area contributed by atoms with Crippen molar-refractivity contribution in [3.8, 4) is 5.75 Å². The Morgan fingerprint density at radius 2 is 1.62 bits per heavy atom. The van der Waals surface area contributed by atoms with E-state index >= 15 is 0 Å². The van der Waals surface area contributed by atoms with Crippen molar-refractivity contribution in [3.63, 3.8) is 0 Å². The largest absolute Gasteiger partial charge is 0.480 e. The smallest absolute Gasteiger partial charge is 0.341 e. The highest BCUT2D eigenvalue weighted by Crippen LogP contribution is 2.59. The molecule has 1 aromatic carbocycles. The minimum atomic E-state index is -1.05. The van der Waals surface area contributed by atoms with Crippen molar-refractivity contribution in [2.24, 2.45) is 28.9 Å². The van der Waals surface area contributed by atoms with Crippen LogP contribution in [-0.4, -0.2) is 37.7 Å². The van der Waals surface area contributed by atoms with Gasteiger partial charge >= 0.3 is 5.97 Å². The summed E-state index contributed by atoms with van der Waals surface area (Å²) in [5.41, 5.74) is 5.49. The lowest BCUT2D eigenvalue weighted by Crippen LogP contribution is -2.52. The highest BCUT2D eigenvalue weighted by Gasteiger charge is 2.53. The van der Waals surface area contributed by atoms with Gasteiger partial charge < -0.3 is 20.9 Å². The Kier molecular flexibility index (Phi) is 8.61. The number of carboxylic acids is 1. The average molecular weight is 445 g/mol. The van der Waals surface area contributed by atoms with Gasteiger partial charge in [0.25, 0.3) is 0 Å². The second kappa shape index (κ2) is 10.5. The number of rotatable bonds is 4. The zero-order valence-corrected chi connectivity index (χ0v) is 18.4. The molecule has 0 saturated heterocycles. The summed E-state index contributed by atoms with van der Waals surface area (Å²) in [6.07, 6.45) is 7.46. The van der Waals surface area contributed by atoms with Crippen molar-refractivity contribution in [1.29, 1.82) is 0 Å². The minimum Gasteiger partial charge on any atom is -0.480 e. The van der Waals surface area contributed by atoms with Gasteiger partial charge in [-0.2, -0.15) is 0 Å². The van der Waals surface area contributed by atoms with E-state index in [9.17, 15) is 9.59 Å². The van der Waals surface area contributed by atoms with E-state index in [0.29, 0.717) is 15.8 Å². The molecule has 4 aliphatic carbocycles. The van der Waals surface area contributed by atoms with Crippen LogP contribution in [0.3, 0.4) is 0 Å². The Morgan fingerprint density at radius 1 is 1.14 bits per heavy atom. The third-order valence-corrected chi connectivity index (χ3v) is 6.34. The number of hydrogen-bond donors (Lipinski definition) is 3. The number of amides is 1. The van der Waals surface area contributed by atoms with E-state index in [1.165, 1.54) is 31.4 Å². The molecule has 4 saturated carbocycles. The Hall–Kier alpha value is -1.50. The molecule has 4 aliphatic rings. The highest BCUT2D eigenvalue weighted by molar-refractivity contribution is 6.35. The topological polar surface area (TPSA) is 102 Å². The lowest BCUT2D eigenvalue weighted by molar-refractivity contribution is -0.142. The first kappa shape index (κ1) is 23.8. The van der Waals surface area contributed by atoms with Crippen LogP contribution in [0.25, 0.3) is 0 Å². The summed E-state index contributed by atoms with van der Waals surface area (Å²) in [7, 11) is 3.75. The molecule has 0 radical (unpaired) electrons. The van der Waals surface area contributed by atoms with Crippen LogP contribution in [0.4, 0.5) is 0 Å². The maximum atomic E-state index is 11.5. The Morgan fingerprint density at radius 3 is 2.00 bits per heavy atom. The van der Waals surface area contributed by atoms with Crippen molar-refractivity contribution in [2.75, 3.05) is 20.7 Å². The third kappa shape index (κ3) is 6.49. The Labute approximate surface area is 182 Å². The minimum absolute atomic E-state index is 0.00778. The molecule has 0 atom stereocenters. The number of nitrogens with one attached hydrogen (secondary N) is 1. The molecule has 29 heavy (non-hydrogen) atoms. The predicted octanol–water partition coefficient (Wildman–Crippen LogP) is 3.98. The van der Waals surface area contributed by atoms with Crippen molar-refractivity contribution in [1.82, 2.24) is 5.32 Å². The van der Waals surface area contributed by atoms with Gasteiger partial charge in [-0.05, 0) is 88.6 Å². The van der Waals surface area contributed by atoms with Gasteiger partial charge in [-0.25, -0.2) is 4.79 Å². The number of benzene rings is 1. The van der Waals surface area contributed by atoms with Gasteiger partial charge in [0.05, 0.1) is 5.02 Å². The van der Waals surface area contributed by atoms with Crippen molar-refractivity contribution >= 4 is 35.1 Å². The lowest BCUT2D eigenvalue weighted by atomic mass is 9.49. The molecule has 5 rings (SSSR count). The van der Waals surface area contributed by atoms with Gasteiger partial charge in [0.2, 0.25) is 5.91 Å². The van der Waals surface area contributed by atoms with Crippen LogP contribution in [0.5, 0.6) is 5.75 Å². The molecule has 6 nitrogen and oxygen atoms in total. The van der Waals surface area contributed by atoms with Crippen LogP contribution in [0, 0.1) is 23.2 Å². The summed E-state index contributed by atoms with van der Waals surface area (Å²) in [5, 5.41) is 11.9. The van der Waals surface area contributed by atoms with Gasteiger partial charge in [0.1, 0.15) is 5.75 Å². The number of carboxylic acid groups (broad SMARTS) is 1. The third-order valence-electron chi connectivity index (χ3n) is 5.81. The molecule has 0 spiro atoms. The van der Waals surface area contributed by atoms with E-state index in [0.717, 1.165) is 37.0 Å². The molecule has 1 aromatic rings. The molecule has 4 N–H and O–H groups in total. The fourth-order valence-electron chi connectivity index (χ4n) is 5.14. The molecule has 1 amide bonds. The fraction of sp³-hybridized carbons (Fsp3) is 0.619. The van der Waals surface area contributed by atoms with E-state index in [1.54, 1.807) is 6.07 Å². The number of halogens is 2. The van der Waals surface area contributed by atoms with Gasteiger partial charge in [0, 0.05) is 10.4 Å². The lowest BCUT2D eigenvalue weighted by Gasteiger charge is -2.55. The second-order valence-corrected chi connectivity index (χ2v) is 9.16.